The smallest absolute Gasteiger partial charge is 0.159 e. The van der Waals surface area contributed by atoms with E-state index in [2.05, 4.69) is 0 Å². The Balaban J connectivity index is 1.56. The molecule has 0 radical (unpaired) electrons. The first-order valence-corrected chi connectivity index (χ1v) is 14.8. The molecule has 0 fully saturated rings. The Labute approximate surface area is 333 Å². The summed E-state index contributed by atoms with van der Waals surface area (Å²) in [6.07, 6.45) is 0. The van der Waals surface area contributed by atoms with Crippen LogP contribution < -0.4 is 4.90 Å². The van der Waals surface area contributed by atoms with Gasteiger partial charge in [-0.2, -0.15) is 0 Å². The number of para-hydroxylation sites is 1. The Bertz CT molecular complexity index is 4050. The van der Waals surface area contributed by atoms with Gasteiger partial charge in [0.25, 0.3) is 0 Å². The number of rotatable bonds is 6. The van der Waals surface area contributed by atoms with E-state index in [1.807, 2.05) is 0 Å². The van der Waals surface area contributed by atoms with E-state index in [4.69, 9.17) is 26.3 Å². The van der Waals surface area contributed by atoms with Crippen molar-refractivity contribution in [3.05, 3.63) is 186 Å². The highest BCUT2D eigenvalue weighted by Crippen LogP contribution is 2.46. The number of benzene rings is 8. The molecule has 0 saturated heterocycles. The quantitative estimate of drug-likeness (QED) is 0.175. The van der Waals surface area contributed by atoms with Crippen molar-refractivity contribution in [3.8, 4) is 33.4 Å². The first-order chi connectivity index (χ1) is 36.7. The Morgan fingerprint density at radius 2 is 1.02 bits per heavy atom. The molecule has 0 unspecified atom stereocenters. The van der Waals surface area contributed by atoms with Crippen molar-refractivity contribution in [1.82, 2.24) is 0 Å². The lowest BCUT2D eigenvalue weighted by Gasteiger charge is -2.26. The minimum absolute atomic E-state index is 0.183. The van der Waals surface area contributed by atoms with Gasteiger partial charge in [0, 0.05) is 27.5 Å². The first kappa shape index (κ1) is 12.2. The summed E-state index contributed by atoms with van der Waals surface area (Å²) in [5, 5.41) is -2.21. The summed E-state index contributed by atoms with van der Waals surface area (Å²) in [4.78, 5) is 0.519. The van der Waals surface area contributed by atoms with Crippen LogP contribution in [0, 0.1) is 13.8 Å². The number of furan rings is 1. The molecule has 8 aromatic carbocycles. The Hall–Kier alpha value is -6.38. The molecule has 0 bridgehead atoms. The minimum Gasteiger partial charge on any atom is -0.453 e. The Kier molecular flexibility index (Phi) is 2.99. The molecule has 0 N–H and O–H groups in total. The minimum atomic E-state index is -1.19. The maximum Gasteiger partial charge on any atom is 0.159 e. The van der Waals surface area contributed by atoms with E-state index in [0.29, 0.717) is 4.90 Å². The van der Waals surface area contributed by atoms with Crippen LogP contribution in [0.1, 0.15) is 50.9 Å². The summed E-state index contributed by atoms with van der Waals surface area (Å²) < 4.78 is 266. The largest absolute Gasteiger partial charge is 0.453 e. The highest BCUT2D eigenvalue weighted by Gasteiger charge is 2.22. The Morgan fingerprint density at radius 3 is 1.72 bits per heavy atom. The van der Waals surface area contributed by atoms with Gasteiger partial charge >= 0.3 is 0 Å². The third-order valence-corrected chi connectivity index (χ3v) is 7.68. The van der Waals surface area contributed by atoms with Crippen molar-refractivity contribution in [2.24, 2.45) is 0 Å². The lowest BCUT2D eigenvalue weighted by atomic mass is 9.94. The van der Waals surface area contributed by atoms with Crippen LogP contribution in [-0.2, 0) is 0 Å². The highest BCUT2D eigenvalue weighted by molar-refractivity contribution is 6.21. The van der Waals surface area contributed by atoms with Gasteiger partial charge in [-0.1, -0.05) is 138 Å². The second-order valence-electron chi connectivity index (χ2n) is 10.8. The van der Waals surface area contributed by atoms with Gasteiger partial charge in [-0.3, -0.25) is 0 Å². The van der Waals surface area contributed by atoms with Crippen LogP contribution in [0.5, 0.6) is 0 Å². The number of hydrogen-bond donors (Lipinski definition) is 0. The second-order valence-corrected chi connectivity index (χ2v) is 10.8. The lowest BCUT2D eigenvalue weighted by molar-refractivity contribution is 0.673. The molecule has 2 heteroatoms. The van der Waals surface area contributed by atoms with E-state index in [0.717, 1.165) is 6.92 Å². The van der Waals surface area contributed by atoms with E-state index in [1.165, 1.54) is 6.92 Å². The van der Waals surface area contributed by atoms with Gasteiger partial charge in [0.05, 0.1) is 45.4 Å². The molecule has 238 valence electrons. The van der Waals surface area contributed by atoms with E-state index >= 15 is 0 Å². The summed E-state index contributed by atoms with van der Waals surface area (Å²) in [6, 6.07) is -26.8. The van der Waals surface area contributed by atoms with Crippen LogP contribution in [0.2, 0.25) is 0 Å². The first-order valence-electron chi connectivity index (χ1n) is 29.3. The third-order valence-electron chi connectivity index (χ3n) is 7.68. The summed E-state index contributed by atoms with van der Waals surface area (Å²) in [5.74, 6) is 0. The number of fused-ring (bicyclic) bond motifs is 5. The van der Waals surface area contributed by atoms with Gasteiger partial charge in [-0.05, 0) is 100 Å². The number of nitrogens with zero attached hydrogens (tertiary/aromatic N) is 1. The predicted molar refractivity (Wildman–Crippen MR) is 212 cm³/mol. The normalized spacial score (nSPS) is 19.5. The van der Waals surface area contributed by atoms with Gasteiger partial charge in [0.2, 0.25) is 0 Å². The van der Waals surface area contributed by atoms with E-state index in [9.17, 15) is 17.8 Å². The SMILES string of the molecule is [2H]c1c([2H])c([2H])c(-c2c([2H])c([2H])c(N(c3c([2H])c([2H])c(-c4c([2H])c([2H])c([2H])c([2H])c4[2H])c(C)c3[2H])c3c([2H])c([2H])c([2H])c4c3oc3c5c([2H])c(C)c([2H])c([2H])c5c(-c5c([2H])c([2H])c([2H])c([2H])c5[2H])c([2H])c34)c([2H])c2[2H])c([2H])c1[2H]. The predicted octanol–water partition coefficient (Wildman–Crippen LogP) is 13.8. The molecule has 0 atom stereocenters. The summed E-state index contributed by atoms with van der Waals surface area (Å²) >= 11 is 0. The molecule has 0 aliphatic rings. The van der Waals surface area contributed by atoms with Crippen molar-refractivity contribution in [2.45, 2.75) is 13.8 Å². The van der Waals surface area contributed by atoms with Crippen molar-refractivity contribution < 1.29 is 44.2 Å². The van der Waals surface area contributed by atoms with E-state index in [1.54, 1.807) is 0 Å². The molecule has 9 rings (SSSR count). The van der Waals surface area contributed by atoms with Gasteiger partial charge in [0.15, 0.2) is 5.58 Å². The van der Waals surface area contributed by atoms with Crippen LogP contribution >= 0.6 is 0 Å². The van der Waals surface area contributed by atoms with Gasteiger partial charge in [-0.15, -0.1) is 0 Å². The molecule has 0 spiro atoms. The van der Waals surface area contributed by atoms with Crippen LogP contribution in [-0.4, -0.2) is 0 Å². The second kappa shape index (κ2) is 12.3. The van der Waals surface area contributed by atoms with E-state index in [-0.39, 0.29) is 5.56 Å². The average molecular weight is 671 g/mol. The highest BCUT2D eigenvalue weighted by atomic mass is 16.3. The van der Waals surface area contributed by atoms with E-state index < -0.39 is 264 Å². The topological polar surface area (TPSA) is 16.4 Å². The third kappa shape index (κ3) is 5.14. The molecule has 0 amide bonds. The van der Waals surface area contributed by atoms with Gasteiger partial charge in [0.1, 0.15) is 5.58 Å². The average Bonchev–Trinajstić information content (AvgIpc) is 3.43. The van der Waals surface area contributed by atoms with Crippen LogP contribution in [0.3, 0.4) is 0 Å². The fourth-order valence-corrected chi connectivity index (χ4v) is 5.46. The van der Waals surface area contributed by atoms with Gasteiger partial charge < -0.3 is 9.32 Å². The molecular formula is C48H35NO. The molecule has 2 nitrogen and oxygen atoms in total. The van der Waals surface area contributed by atoms with Gasteiger partial charge in [-0.25, -0.2) is 0 Å². The summed E-state index contributed by atoms with van der Waals surface area (Å²) in [5.41, 5.74) is -9.12. The Morgan fingerprint density at radius 1 is 0.420 bits per heavy atom. The zero-order valence-electron chi connectivity index (χ0n) is 54.9. The number of anilines is 3. The molecule has 0 saturated carbocycles. The fourth-order valence-electron chi connectivity index (χ4n) is 5.46. The molecule has 0 aliphatic carbocycles. The van der Waals surface area contributed by atoms with Crippen molar-refractivity contribution in [2.75, 3.05) is 4.90 Å². The van der Waals surface area contributed by atoms with Crippen molar-refractivity contribution in [1.29, 1.82) is 0 Å². The lowest BCUT2D eigenvalue weighted by Crippen LogP contribution is -2.10. The van der Waals surface area contributed by atoms with Crippen molar-refractivity contribution >= 4 is 49.8 Å². The fraction of sp³-hybridized carbons (Fsp3) is 0.0417. The summed E-state index contributed by atoms with van der Waals surface area (Å²) in [6.45, 7) is 2.42. The molecule has 50 heavy (non-hydrogen) atoms. The summed E-state index contributed by atoms with van der Waals surface area (Å²) in [7, 11) is 0. The maximum atomic E-state index is 9.84. The molecular weight excluding hydrogens is 607 g/mol. The molecule has 1 heterocycles. The monoisotopic (exact) mass is 670 g/mol. The van der Waals surface area contributed by atoms with Crippen LogP contribution in [0.15, 0.2) is 180 Å². The maximum absolute atomic E-state index is 9.84. The van der Waals surface area contributed by atoms with Crippen LogP contribution in [0.4, 0.5) is 17.1 Å². The zero-order valence-corrected chi connectivity index (χ0v) is 25.9. The number of hydrogen-bond acceptors (Lipinski definition) is 2. The molecule has 0 aliphatic heterocycles. The molecule has 9 aromatic rings. The van der Waals surface area contributed by atoms with Crippen LogP contribution in [0.25, 0.3) is 66.1 Å². The van der Waals surface area contributed by atoms with Crippen molar-refractivity contribution in [3.63, 3.8) is 0 Å². The zero-order chi connectivity index (χ0) is 58.8. The molecule has 1 aromatic heterocycles. The standard InChI is InChI=1S/C48H35NO/c1-32-21-27-41-43(37-17-10-5-11-18-37)31-45-42-19-12-20-46(48(42)50-47(45)44(41)29-32)49(38-24-22-35(23-25-38)34-13-6-3-7-14-34)39-26-28-40(33(2)30-39)36-15-8-4-9-16-36/h3-31H,1-2H3/i3D,4D,5D,6D,7D,8D,9D,10D,11D,12D,13D,14D,15D,16D,17D,18D,19D,20D,21D,22D,23D,24D,25D,26D,27D,28D,29D,30D,31D.